The third-order valence-electron chi connectivity index (χ3n) is 8.26. The van der Waals surface area contributed by atoms with Crippen LogP contribution in [0.15, 0.2) is 118 Å². The van der Waals surface area contributed by atoms with Crippen LogP contribution in [0.4, 0.5) is 0 Å². The predicted octanol–water partition coefficient (Wildman–Crippen LogP) is 10.6. The van der Waals surface area contributed by atoms with Gasteiger partial charge in [-0.05, 0) is 35.9 Å². The van der Waals surface area contributed by atoms with E-state index in [1.54, 1.807) is 0 Å². The summed E-state index contributed by atoms with van der Waals surface area (Å²) in [6, 6.07) is 39.2. The SMILES string of the molecule is CC(C)c1ccnc(-c2[c-]ccc3c2oc2c3ccc3oc4ccccc4c32)c1.[CH3][Ge]([CH3])([CH3])[c]1ccc(-c2[c-]cccc2)nc1.[Ir]. The molecule has 4 heterocycles. The number of pyridine rings is 2. The Morgan fingerprint density at radius 3 is 2.22 bits per heavy atom. The average molecular weight is 840 g/mol. The van der Waals surface area contributed by atoms with Gasteiger partial charge in [-0.25, -0.2) is 0 Å². The zero-order chi connectivity index (χ0) is 31.1. The van der Waals surface area contributed by atoms with E-state index in [2.05, 4.69) is 95.7 Å². The normalized spacial score (nSPS) is 11.6. The van der Waals surface area contributed by atoms with Crippen LogP contribution >= 0.6 is 0 Å². The maximum Gasteiger partial charge on any atom is 0 e. The number of aromatic nitrogens is 2. The molecule has 231 valence electrons. The topological polar surface area (TPSA) is 52.1 Å². The van der Waals surface area contributed by atoms with E-state index in [0.717, 1.165) is 66.4 Å². The summed E-state index contributed by atoms with van der Waals surface area (Å²) >= 11 is -1.72. The summed E-state index contributed by atoms with van der Waals surface area (Å²) < 4.78 is 14.0. The van der Waals surface area contributed by atoms with Gasteiger partial charge >= 0.3 is 99.8 Å². The first-order chi connectivity index (χ1) is 21.8. The van der Waals surface area contributed by atoms with E-state index in [-0.39, 0.29) is 20.1 Å². The Balaban J connectivity index is 0.000000187. The Labute approximate surface area is 285 Å². The van der Waals surface area contributed by atoms with Crippen LogP contribution in [0.2, 0.25) is 17.3 Å². The first-order valence-electron chi connectivity index (χ1n) is 15.3. The molecule has 0 aliphatic carbocycles. The van der Waals surface area contributed by atoms with Crippen LogP contribution in [0.5, 0.6) is 0 Å². The van der Waals surface area contributed by atoms with Crippen LogP contribution in [0, 0.1) is 12.1 Å². The molecule has 8 aromatic rings. The molecule has 8 rings (SSSR count). The summed E-state index contributed by atoms with van der Waals surface area (Å²) in [5.41, 5.74) is 8.47. The number of hydrogen-bond donors (Lipinski definition) is 0. The van der Waals surface area contributed by atoms with Gasteiger partial charge in [0.15, 0.2) is 0 Å². The van der Waals surface area contributed by atoms with Gasteiger partial charge in [-0.1, -0.05) is 54.6 Å². The van der Waals surface area contributed by atoms with E-state index in [1.165, 1.54) is 9.96 Å². The Bertz CT molecular complexity index is 2280. The number of benzene rings is 4. The van der Waals surface area contributed by atoms with Gasteiger partial charge < -0.3 is 13.8 Å². The molecule has 46 heavy (non-hydrogen) atoms. The molecule has 4 aromatic heterocycles. The largest absolute Gasteiger partial charge is 0 e. The quantitative estimate of drug-likeness (QED) is 0.131. The Hall–Kier alpha value is -4.03. The van der Waals surface area contributed by atoms with Gasteiger partial charge in [-0.2, -0.15) is 0 Å². The molecule has 1 radical (unpaired) electrons. The van der Waals surface area contributed by atoms with Crippen LogP contribution in [0.3, 0.4) is 0 Å². The molecule has 4 aromatic carbocycles. The van der Waals surface area contributed by atoms with Crippen molar-refractivity contribution in [1.82, 2.24) is 9.97 Å². The van der Waals surface area contributed by atoms with Crippen molar-refractivity contribution in [1.29, 1.82) is 0 Å². The van der Waals surface area contributed by atoms with Gasteiger partial charge in [0.25, 0.3) is 0 Å². The van der Waals surface area contributed by atoms with E-state index in [0.29, 0.717) is 5.92 Å². The van der Waals surface area contributed by atoms with Crippen molar-refractivity contribution in [3.63, 3.8) is 0 Å². The van der Waals surface area contributed by atoms with Crippen LogP contribution < -0.4 is 4.40 Å². The Morgan fingerprint density at radius 1 is 0.674 bits per heavy atom. The van der Waals surface area contributed by atoms with Crippen LogP contribution in [0.25, 0.3) is 66.4 Å². The Morgan fingerprint density at radius 2 is 1.48 bits per heavy atom. The van der Waals surface area contributed by atoms with Gasteiger partial charge in [0.05, 0.1) is 11.0 Å². The van der Waals surface area contributed by atoms with Crippen LogP contribution in [0.1, 0.15) is 25.3 Å². The summed E-state index contributed by atoms with van der Waals surface area (Å²) in [5, 5.41) is 4.23. The van der Waals surface area contributed by atoms with Crippen molar-refractivity contribution >= 4 is 61.5 Å². The van der Waals surface area contributed by atoms with E-state index < -0.39 is 13.3 Å². The molecular weight excluding hydrogens is 805 g/mol. The maximum absolute atomic E-state index is 6.49. The van der Waals surface area contributed by atoms with Crippen molar-refractivity contribution in [2.24, 2.45) is 0 Å². The molecule has 6 heteroatoms. The molecule has 4 nitrogen and oxygen atoms in total. The van der Waals surface area contributed by atoms with Crippen molar-refractivity contribution in [3.8, 4) is 22.5 Å². The zero-order valence-electron chi connectivity index (χ0n) is 26.5. The van der Waals surface area contributed by atoms with Crippen molar-refractivity contribution in [2.75, 3.05) is 0 Å². The molecule has 0 saturated carbocycles. The Kier molecular flexibility index (Phi) is 9.02. The van der Waals surface area contributed by atoms with Gasteiger partial charge in [0, 0.05) is 37.1 Å². The minimum Gasteiger partial charge on any atom is 0 e. The third kappa shape index (κ3) is 6.07. The minimum atomic E-state index is -1.72. The maximum atomic E-state index is 6.49. The second-order valence-corrected chi connectivity index (χ2v) is 23.4. The first kappa shape index (κ1) is 31.9. The summed E-state index contributed by atoms with van der Waals surface area (Å²) in [5.74, 6) is 7.57. The number of nitrogens with zero attached hydrogens (tertiary/aromatic N) is 2. The molecule has 0 saturated heterocycles. The van der Waals surface area contributed by atoms with Gasteiger partial charge in [0.2, 0.25) is 0 Å². The summed E-state index contributed by atoms with van der Waals surface area (Å²) in [4.78, 5) is 9.14. The molecule has 0 amide bonds. The fraction of sp³-hybridized carbons (Fsp3) is 0.150. The molecule has 0 atom stereocenters. The van der Waals surface area contributed by atoms with Crippen LogP contribution in [-0.2, 0) is 20.1 Å². The minimum absolute atomic E-state index is 0. The number of para-hydroxylation sites is 1. The summed E-state index contributed by atoms with van der Waals surface area (Å²) in [7, 11) is 0. The molecule has 0 N–H and O–H groups in total. The van der Waals surface area contributed by atoms with Gasteiger partial charge in [0.1, 0.15) is 16.7 Å². The molecule has 0 aliphatic rings. The van der Waals surface area contributed by atoms with Gasteiger partial charge in [-0.3, -0.25) is 0 Å². The van der Waals surface area contributed by atoms with E-state index in [9.17, 15) is 0 Å². The summed E-state index contributed by atoms with van der Waals surface area (Å²) in [6.45, 7) is 4.37. The standard InChI is InChI=1S/C26H18NO2.C14H16GeN.Ir/c1-15(2)16-12-13-27-21(14-16)19-8-5-7-17-18-10-11-23-24(26(18)29-25(17)19)20-6-3-4-9-22(20)28-23;1-15(2,3)13-9-10-14(16-11-13)12-7-5-4-6-8-12;/h3-7,9-15H,1-2H3;4-7,9-11H,1-3H3;/q2*-1;. The molecule has 0 spiro atoms. The second kappa shape index (κ2) is 13.0. The number of fused-ring (bicyclic) bond motifs is 7. The zero-order valence-corrected chi connectivity index (χ0v) is 31.0. The van der Waals surface area contributed by atoms with Crippen molar-refractivity contribution < 1.29 is 28.9 Å². The van der Waals surface area contributed by atoms with Crippen molar-refractivity contribution in [2.45, 2.75) is 37.0 Å². The molecule has 0 bridgehead atoms. The first-order valence-corrected chi connectivity index (χ1v) is 22.7. The molecule has 0 fully saturated rings. The molecular formula is C40H34GeIrN2O2-2. The van der Waals surface area contributed by atoms with E-state index in [1.807, 2.05) is 67.0 Å². The summed E-state index contributed by atoms with van der Waals surface area (Å²) in [6.07, 6.45) is 3.90. The van der Waals surface area contributed by atoms with E-state index >= 15 is 0 Å². The van der Waals surface area contributed by atoms with Gasteiger partial charge in [-0.15, -0.1) is 18.2 Å². The predicted molar refractivity (Wildman–Crippen MR) is 189 cm³/mol. The molecule has 0 unspecified atom stereocenters. The fourth-order valence-electron chi connectivity index (χ4n) is 5.69. The number of furan rings is 2. The molecule has 0 aliphatic heterocycles. The number of rotatable bonds is 4. The smallest absolute Gasteiger partial charge is 0 e. The average Bonchev–Trinajstić information content (AvgIpc) is 3.63. The van der Waals surface area contributed by atoms with Crippen molar-refractivity contribution in [3.05, 3.63) is 127 Å². The third-order valence-corrected chi connectivity index (χ3v) is 12.5. The van der Waals surface area contributed by atoms with E-state index in [4.69, 9.17) is 8.83 Å². The monoisotopic (exact) mass is 841 g/mol. The number of hydrogen-bond acceptors (Lipinski definition) is 4. The fourth-order valence-corrected chi connectivity index (χ4v) is 7.86. The van der Waals surface area contributed by atoms with Crippen LogP contribution in [-0.4, -0.2) is 23.2 Å². The second-order valence-electron chi connectivity index (χ2n) is 12.7.